The quantitative estimate of drug-likeness (QED) is 0.632. The molecule has 3 aromatic rings. The molecule has 20 heavy (non-hydrogen) atoms. The molecule has 3 rings (SSSR count). The van der Waals surface area contributed by atoms with Gasteiger partial charge in [-0.2, -0.15) is 4.98 Å². The third-order valence-electron chi connectivity index (χ3n) is 3.02. The predicted molar refractivity (Wildman–Crippen MR) is 74.0 cm³/mol. The first kappa shape index (κ1) is 12.4. The van der Waals surface area contributed by atoms with Gasteiger partial charge in [0.15, 0.2) is 11.2 Å². The number of nitrogen functional groups attached to an aromatic ring is 1. The summed E-state index contributed by atoms with van der Waals surface area (Å²) in [5.74, 6) is 0.0633. The van der Waals surface area contributed by atoms with Gasteiger partial charge in [-0.25, -0.2) is 4.98 Å². The molecule has 102 valence electrons. The van der Waals surface area contributed by atoms with Gasteiger partial charge in [-0.15, -0.1) is 0 Å². The number of nitrogens with one attached hydrogen (secondary N) is 1. The van der Waals surface area contributed by atoms with Crippen molar-refractivity contribution in [2.24, 2.45) is 0 Å². The van der Waals surface area contributed by atoms with Crippen molar-refractivity contribution in [2.75, 3.05) is 5.73 Å². The molecule has 4 N–H and O–H groups in total. The van der Waals surface area contributed by atoms with Crippen LogP contribution in [0.1, 0.15) is 11.1 Å². The number of hydrogen-bond acceptors (Lipinski definition) is 5. The first-order valence-electron chi connectivity index (χ1n) is 6.06. The van der Waals surface area contributed by atoms with Crippen LogP contribution < -0.4 is 11.3 Å². The lowest BCUT2D eigenvalue weighted by molar-refractivity contribution is 0.281. The van der Waals surface area contributed by atoms with Crippen LogP contribution in [0.2, 0.25) is 0 Å². The molecular formula is C13H13N5O2. The number of nitrogens with two attached hydrogens (primary N) is 1. The maximum Gasteiger partial charge on any atom is 0.280 e. The van der Waals surface area contributed by atoms with Crippen molar-refractivity contribution in [3.8, 4) is 0 Å². The lowest BCUT2D eigenvalue weighted by atomic mass is 10.1. The highest BCUT2D eigenvalue weighted by molar-refractivity contribution is 5.70. The van der Waals surface area contributed by atoms with E-state index in [4.69, 9.17) is 10.8 Å². The molecule has 0 aliphatic heterocycles. The van der Waals surface area contributed by atoms with E-state index in [2.05, 4.69) is 15.0 Å². The molecule has 0 bridgehead atoms. The van der Waals surface area contributed by atoms with E-state index >= 15 is 0 Å². The van der Waals surface area contributed by atoms with E-state index in [-0.39, 0.29) is 23.6 Å². The first-order chi connectivity index (χ1) is 9.67. The number of aromatic nitrogens is 4. The lowest BCUT2D eigenvalue weighted by Crippen LogP contribution is -2.12. The number of benzene rings is 1. The topological polar surface area (TPSA) is 110 Å². The van der Waals surface area contributed by atoms with Gasteiger partial charge in [0.05, 0.1) is 19.5 Å². The SMILES string of the molecule is Nc1nc2c(ncn2Cc2cccc(CO)c2)c(=O)[nH]1. The minimum atomic E-state index is -0.352. The largest absolute Gasteiger partial charge is 0.392 e. The second-order valence-electron chi connectivity index (χ2n) is 4.47. The number of fused-ring (bicyclic) bond motifs is 1. The summed E-state index contributed by atoms with van der Waals surface area (Å²) in [6, 6.07) is 7.54. The van der Waals surface area contributed by atoms with Crippen molar-refractivity contribution in [3.05, 3.63) is 52.1 Å². The second kappa shape index (κ2) is 4.78. The van der Waals surface area contributed by atoms with Crippen molar-refractivity contribution >= 4 is 17.1 Å². The summed E-state index contributed by atoms with van der Waals surface area (Å²) < 4.78 is 1.75. The Labute approximate surface area is 113 Å². The monoisotopic (exact) mass is 271 g/mol. The third kappa shape index (κ3) is 2.14. The Morgan fingerprint density at radius 2 is 2.15 bits per heavy atom. The van der Waals surface area contributed by atoms with E-state index in [1.165, 1.54) is 0 Å². The Bertz CT molecular complexity index is 821. The molecule has 7 heteroatoms. The van der Waals surface area contributed by atoms with E-state index < -0.39 is 0 Å². The summed E-state index contributed by atoms with van der Waals surface area (Å²) in [6.07, 6.45) is 1.55. The molecule has 0 radical (unpaired) electrons. The first-order valence-corrected chi connectivity index (χ1v) is 6.06. The van der Waals surface area contributed by atoms with E-state index in [1.54, 1.807) is 10.9 Å². The second-order valence-corrected chi connectivity index (χ2v) is 4.47. The van der Waals surface area contributed by atoms with Crippen molar-refractivity contribution < 1.29 is 5.11 Å². The number of aromatic amines is 1. The molecule has 0 amide bonds. The molecule has 1 aromatic carbocycles. The number of imidazole rings is 1. The molecule has 0 aliphatic rings. The number of rotatable bonds is 3. The molecule has 0 atom stereocenters. The summed E-state index contributed by atoms with van der Waals surface area (Å²) in [7, 11) is 0. The minimum Gasteiger partial charge on any atom is -0.392 e. The summed E-state index contributed by atoms with van der Waals surface area (Å²) in [6.45, 7) is 0.490. The molecule has 0 saturated carbocycles. The highest BCUT2D eigenvalue weighted by Crippen LogP contribution is 2.11. The smallest absolute Gasteiger partial charge is 0.280 e. The van der Waals surface area contributed by atoms with Gasteiger partial charge < -0.3 is 15.4 Å². The van der Waals surface area contributed by atoms with Crippen LogP contribution in [0.5, 0.6) is 0 Å². The number of aliphatic hydroxyl groups excluding tert-OH is 1. The Morgan fingerprint density at radius 1 is 1.35 bits per heavy atom. The third-order valence-corrected chi connectivity index (χ3v) is 3.02. The fourth-order valence-corrected chi connectivity index (χ4v) is 2.11. The molecule has 0 spiro atoms. The van der Waals surface area contributed by atoms with Gasteiger partial charge in [0.25, 0.3) is 5.56 Å². The van der Waals surface area contributed by atoms with Crippen LogP contribution in [0.3, 0.4) is 0 Å². The van der Waals surface area contributed by atoms with E-state index in [9.17, 15) is 4.79 Å². The summed E-state index contributed by atoms with van der Waals surface area (Å²) in [4.78, 5) is 22.3. The average molecular weight is 271 g/mol. The highest BCUT2D eigenvalue weighted by Gasteiger charge is 2.09. The van der Waals surface area contributed by atoms with Gasteiger partial charge in [0, 0.05) is 0 Å². The summed E-state index contributed by atoms with van der Waals surface area (Å²) in [5.41, 5.74) is 7.72. The lowest BCUT2D eigenvalue weighted by Gasteiger charge is -2.05. The fourth-order valence-electron chi connectivity index (χ4n) is 2.11. The molecule has 2 aromatic heterocycles. The normalized spacial score (nSPS) is 11.1. The van der Waals surface area contributed by atoms with Gasteiger partial charge in [-0.3, -0.25) is 9.78 Å². The average Bonchev–Trinajstić information content (AvgIpc) is 2.82. The summed E-state index contributed by atoms with van der Waals surface area (Å²) in [5, 5.41) is 9.14. The molecule has 0 saturated heterocycles. The van der Waals surface area contributed by atoms with Gasteiger partial charge >= 0.3 is 0 Å². The Hall–Kier alpha value is -2.67. The number of hydrogen-bond donors (Lipinski definition) is 3. The Morgan fingerprint density at radius 3 is 2.95 bits per heavy atom. The van der Waals surface area contributed by atoms with Crippen molar-refractivity contribution in [2.45, 2.75) is 13.2 Å². The number of nitrogens with zero attached hydrogens (tertiary/aromatic N) is 3. The van der Waals surface area contributed by atoms with Gasteiger partial charge in [-0.05, 0) is 11.1 Å². The number of aliphatic hydroxyl groups is 1. The molecular weight excluding hydrogens is 258 g/mol. The zero-order valence-electron chi connectivity index (χ0n) is 10.6. The number of H-pyrrole nitrogens is 1. The van der Waals surface area contributed by atoms with Crippen molar-refractivity contribution in [3.63, 3.8) is 0 Å². The summed E-state index contributed by atoms with van der Waals surface area (Å²) >= 11 is 0. The van der Waals surface area contributed by atoms with E-state index in [0.717, 1.165) is 11.1 Å². The van der Waals surface area contributed by atoms with E-state index in [1.807, 2.05) is 24.3 Å². The zero-order chi connectivity index (χ0) is 14.1. The van der Waals surface area contributed by atoms with Crippen LogP contribution in [0.25, 0.3) is 11.2 Å². The van der Waals surface area contributed by atoms with Gasteiger partial charge in [0.2, 0.25) is 5.95 Å². The van der Waals surface area contributed by atoms with Gasteiger partial charge in [0.1, 0.15) is 0 Å². The molecule has 7 nitrogen and oxygen atoms in total. The Kier molecular flexibility index (Phi) is 2.96. The highest BCUT2D eigenvalue weighted by atomic mass is 16.3. The fraction of sp³-hybridized carbons (Fsp3) is 0.154. The predicted octanol–water partition coefficient (Wildman–Crippen LogP) is 0.242. The maximum atomic E-state index is 11.7. The number of anilines is 1. The molecule has 2 heterocycles. The molecule has 0 aliphatic carbocycles. The molecule has 0 fully saturated rings. The van der Waals surface area contributed by atoms with Crippen molar-refractivity contribution in [1.82, 2.24) is 19.5 Å². The standard InChI is InChI=1S/C13H13N5O2/c14-13-16-11-10(12(20)17-13)15-7-18(11)5-8-2-1-3-9(4-8)6-19/h1-4,7,19H,5-6H2,(H3,14,16,17,20). The van der Waals surface area contributed by atoms with Crippen LogP contribution in [0.4, 0.5) is 5.95 Å². The zero-order valence-corrected chi connectivity index (χ0v) is 10.6. The van der Waals surface area contributed by atoms with Crippen LogP contribution in [-0.4, -0.2) is 24.6 Å². The van der Waals surface area contributed by atoms with E-state index in [0.29, 0.717) is 12.2 Å². The minimum absolute atomic E-state index is 0.0105. The van der Waals surface area contributed by atoms with Crippen LogP contribution >= 0.6 is 0 Å². The van der Waals surface area contributed by atoms with Crippen LogP contribution in [0.15, 0.2) is 35.4 Å². The maximum absolute atomic E-state index is 11.7. The van der Waals surface area contributed by atoms with Crippen LogP contribution in [0, 0.1) is 0 Å². The molecule has 0 unspecified atom stereocenters. The van der Waals surface area contributed by atoms with Crippen molar-refractivity contribution in [1.29, 1.82) is 0 Å². The van der Waals surface area contributed by atoms with Gasteiger partial charge in [-0.1, -0.05) is 24.3 Å². The Balaban J connectivity index is 2.04. The van der Waals surface area contributed by atoms with Crippen LogP contribution in [-0.2, 0) is 13.2 Å².